The van der Waals surface area contributed by atoms with Crippen molar-refractivity contribution in [2.45, 2.75) is 19.3 Å². The van der Waals surface area contributed by atoms with E-state index in [2.05, 4.69) is 32.3 Å². The van der Waals surface area contributed by atoms with Crippen molar-refractivity contribution in [2.24, 2.45) is 11.8 Å². The van der Waals surface area contributed by atoms with Crippen molar-refractivity contribution < 1.29 is 0 Å². The minimum absolute atomic E-state index is 0.239. The van der Waals surface area contributed by atoms with Crippen LogP contribution in [0.25, 0.3) is 0 Å². The van der Waals surface area contributed by atoms with Crippen molar-refractivity contribution in [1.82, 2.24) is 4.98 Å². The number of nitriles is 1. The lowest BCUT2D eigenvalue weighted by Crippen LogP contribution is -2.12. The van der Waals surface area contributed by atoms with Crippen LogP contribution in [0.4, 0.5) is 5.82 Å². The van der Waals surface area contributed by atoms with Crippen LogP contribution in [0, 0.1) is 23.2 Å². The van der Waals surface area contributed by atoms with Gasteiger partial charge in [-0.3, -0.25) is 0 Å². The van der Waals surface area contributed by atoms with Crippen molar-refractivity contribution >= 4 is 33.3 Å². The molecule has 90 valence electrons. The quantitative estimate of drug-likeness (QED) is 0.922. The molecule has 0 amide bonds. The molecule has 0 radical (unpaired) electrons. The molecular formula is C12H13BrClN3. The first kappa shape index (κ1) is 12.7. The number of aromatic nitrogens is 1. The maximum Gasteiger partial charge on any atom is 0.127 e. The van der Waals surface area contributed by atoms with Crippen molar-refractivity contribution in [3.63, 3.8) is 0 Å². The number of nitrogens with zero attached hydrogens (tertiary/aromatic N) is 2. The van der Waals surface area contributed by atoms with Crippen LogP contribution in [0.5, 0.6) is 0 Å². The minimum atomic E-state index is 0.239. The number of anilines is 1. The summed E-state index contributed by atoms with van der Waals surface area (Å²) in [5.74, 6) is 1.60. The van der Waals surface area contributed by atoms with E-state index in [0.717, 1.165) is 36.1 Å². The lowest BCUT2D eigenvalue weighted by atomic mass is 10.1. The molecule has 1 N–H and O–H groups in total. The monoisotopic (exact) mass is 313 g/mol. The van der Waals surface area contributed by atoms with E-state index >= 15 is 0 Å². The van der Waals surface area contributed by atoms with Crippen molar-refractivity contribution in [3.05, 3.63) is 21.8 Å². The van der Waals surface area contributed by atoms with Gasteiger partial charge in [0, 0.05) is 24.7 Å². The molecule has 0 bridgehead atoms. The van der Waals surface area contributed by atoms with Gasteiger partial charge >= 0.3 is 0 Å². The number of hydrogen-bond donors (Lipinski definition) is 1. The van der Waals surface area contributed by atoms with E-state index in [0.29, 0.717) is 10.9 Å². The average Bonchev–Trinajstić information content (AvgIpc) is 2.79. The molecule has 0 aromatic carbocycles. The van der Waals surface area contributed by atoms with Gasteiger partial charge in [0.25, 0.3) is 0 Å². The molecule has 2 rings (SSSR count). The van der Waals surface area contributed by atoms with Crippen molar-refractivity contribution in [1.29, 1.82) is 5.26 Å². The van der Waals surface area contributed by atoms with Gasteiger partial charge in [-0.2, -0.15) is 5.26 Å². The molecule has 17 heavy (non-hydrogen) atoms. The maximum absolute atomic E-state index is 8.83. The molecule has 1 saturated carbocycles. The summed E-state index contributed by atoms with van der Waals surface area (Å²) in [6.45, 7) is 0.864. The first-order valence-corrected chi connectivity index (χ1v) is 6.80. The zero-order valence-electron chi connectivity index (χ0n) is 9.29. The molecule has 1 aliphatic carbocycles. The van der Waals surface area contributed by atoms with Crippen LogP contribution in [0.3, 0.4) is 0 Å². The van der Waals surface area contributed by atoms with E-state index < -0.39 is 0 Å². The van der Waals surface area contributed by atoms with E-state index in [1.165, 1.54) is 0 Å². The van der Waals surface area contributed by atoms with E-state index in [1.54, 1.807) is 6.20 Å². The fourth-order valence-electron chi connectivity index (χ4n) is 2.14. The molecule has 2 atom stereocenters. The second kappa shape index (κ2) is 5.70. The molecule has 0 spiro atoms. The number of pyridine rings is 1. The lowest BCUT2D eigenvalue weighted by Gasteiger charge is -2.11. The SMILES string of the molecule is N#C[C@H]1CCC(CNc2cc(Cl)c(Br)cn2)C1. The third kappa shape index (κ3) is 3.34. The molecule has 0 saturated heterocycles. The minimum Gasteiger partial charge on any atom is -0.370 e. The fourth-order valence-corrected chi connectivity index (χ4v) is 2.51. The van der Waals surface area contributed by atoms with Gasteiger partial charge in [-0.05, 0) is 41.1 Å². The van der Waals surface area contributed by atoms with Gasteiger partial charge in [0.15, 0.2) is 0 Å². The summed E-state index contributed by atoms with van der Waals surface area (Å²) in [6.07, 6.45) is 4.83. The first-order chi connectivity index (χ1) is 8.19. The first-order valence-electron chi connectivity index (χ1n) is 5.63. The Morgan fingerprint density at radius 2 is 2.41 bits per heavy atom. The number of nitrogens with one attached hydrogen (secondary N) is 1. The summed E-state index contributed by atoms with van der Waals surface area (Å²) < 4.78 is 0.801. The average molecular weight is 315 g/mol. The van der Waals surface area contributed by atoms with Crippen LogP contribution in [-0.4, -0.2) is 11.5 Å². The Hall–Kier alpha value is -0.790. The topological polar surface area (TPSA) is 48.7 Å². The largest absolute Gasteiger partial charge is 0.370 e. The highest BCUT2D eigenvalue weighted by molar-refractivity contribution is 9.10. The van der Waals surface area contributed by atoms with Crippen molar-refractivity contribution in [2.75, 3.05) is 11.9 Å². The van der Waals surface area contributed by atoms with Gasteiger partial charge in [0.2, 0.25) is 0 Å². The standard InChI is InChI=1S/C12H13BrClN3/c13-10-7-17-12(4-11(10)14)16-6-9-2-1-8(3-9)5-15/h4,7-9H,1-3,6H2,(H,16,17)/t8-,9?/m0/s1. The lowest BCUT2D eigenvalue weighted by molar-refractivity contribution is 0.562. The van der Waals surface area contributed by atoms with Crippen LogP contribution < -0.4 is 5.32 Å². The molecule has 1 aromatic rings. The van der Waals surface area contributed by atoms with Crippen LogP contribution in [0.15, 0.2) is 16.7 Å². The summed E-state index contributed by atoms with van der Waals surface area (Å²) in [5, 5.41) is 12.8. The molecule has 0 aliphatic heterocycles. The Morgan fingerprint density at radius 3 is 3.06 bits per heavy atom. The summed E-state index contributed by atoms with van der Waals surface area (Å²) >= 11 is 9.29. The van der Waals surface area contributed by atoms with Crippen LogP contribution in [0.1, 0.15) is 19.3 Å². The highest BCUT2D eigenvalue weighted by Gasteiger charge is 2.24. The third-order valence-electron chi connectivity index (χ3n) is 3.10. The second-order valence-electron chi connectivity index (χ2n) is 4.37. The number of rotatable bonds is 3. The normalized spacial score (nSPS) is 23.4. The van der Waals surface area contributed by atoms with Crippen LogP contribution in [-0.2, 0) is 0 Å². The Balaban J connectivity index is 1.86. The molecular weight excluding hydrogens is 302 g/mol. The predicted octanol–water partition coefficient (Wildman–Crippen LogP) is 3.85. The van der Waals surface area contributed by atoms with Gasteiger partial charge in [-0.25, -0.2) is 4.98 Å². The van der Waals surface area contributed by atoms with Gasteiger partial charge < -0.3 is 5.32 Å². The maximum atomic E-state index is 8.83. The summed E-state index contributed by atoms with van der Waals surface area (Å²) in [5.41, 5.74) is 0. The Labute approximate surface area is 114 Å². The molecule has 1 aliphatic rings. The Morgan fingerprint density at radius 1 is 1.59 bits per heavy atom. The molecule has 1 fully saturated rings. The second-order valence-corrected chi connectivity index (χ2v) is 5.63. The zero-order chi connectivity index (χ0) is 12.3. The molecule has 5 heteroatoms. The highest BCUT2D eigenvalue weighted by Crippen LogP contribution is 2.30. The summed E-state index contributed by atoms with van der Waals surface area (Å²) in [4.78, 5) is 4.23. The van der Waals surface area contributed by atoms with Crippen molar-refractivity contribution in [3.8, 4) is 6.07 Å². The van der Waals surface area contributed by atoms with E-state index in [1.807, 2.05) is 6.07 Å². The zero-order valence-corrected chi connectivity index (χ0v) is 11.6. The van der Waals surface area contributed by atoms with E-state index in [4.69, 9.17) is 16.9 Å². The number of halogens is 2. The third-order valence-corrected chi connectivity index (χ3v) is 4.28. The fraction of sp³-hybridized carbons (Fsp3) is 0.500. The van der Waals surface area contributed by atoms with Gasteiger partial charge in [-0.15, -0.1) is 0 Å². The Bertz CT molecular complexity index is 444. The Kier molecular flexibility index (Phi) is 4.25. The van der Waals surface area contributed by atoms with E-state index in [-0.39, 0.29) is 5.92 Å². The summed E-state index contributed by atoms with van der Waals surface area (Å²) in [6, 6.07) is 4.15. The van der Waals surface area contributed by atoms with Gasteiger partial charge in [0.1, 0.15) is 5.82 Å². The van der Waals surface area contributed by atoms with Crippen LogP contribution >= 0.6 is 27.5 Å². The molecule has 3 nitrogen and oxygen atoms in total. The molecule has 1 heterocycles. The van der Waals surface area contributed by atoms with Gasteiger partial charge in [-0.1, -0.05) is 11.6 Å². The van der Waals surface area contributed by atoms with E-state index in [9.17, 15) is 0 Å². The predicted molar refractivity (Wildman–Crippen MR) is 71.9 cm³/mol. The highest BCUT2D eigenvalue weighted by atomic mass is 79.9. The van der Waals surface area contributed by atoms with Crippen LogP contribution in [0.2, 0.25) is 5.02 Å². The molecule has 1 unspecified atom stereocenters. The van der Waals surface area contributed by atoms with Gasteiger partial charge in [0.05, 0.1) is 15.6 Å². The summed E-state index contributed by atoms with van der Waals surface area (Å²) in [7, 11) is 0. The number of hydrogen-bond acceptors (Lipinski definition) is 3. The molecule has 1 aromatic heterocycles. The smallest absolute Gasteiger partial charge is 0.127 e.